The Labute approximate surface area is 129 Å². The van der Waals surface area contributed by atoms with Crippen molar-refractivity contribution >= 4 is 5.91 Å². The van der Waals surface area contributed by atoms with Gasteiger partial charge in [-0.15, -0.1) is 0 Å². The molecule has 0 aliphatic carbocycles. The molecule has 1 aromatic carbocycles. The number of aromatic amines is 1. The zero-order valence-corrected chi connectivity index (χ0v) is 12.7. The lowest BCUT2D eigenvalue weighted by molar-refractivity contribution is 0.0763. The largest absolute Gasteiger partial charge is 0.337 e. The highest BCUT2D eigenvalue weighted by molar-refractivity contribution is 5.94. The summed E-state index contributed by atoms with van der Waals surface area (Å²) < 4.78 is 1.49. The normalized spacial score (nSPS) is 16.5. The molecule has 1 aliphatic rings. The van der Waals surface area contributed by atoms with Crippen LogP contribution in [0.3, 0.4) is 0 Å². The minimum Gasteiger partial charge on any atom is -0.337 e. The molecule has 1 N–H and O–H groups in total. The first kappa shape index (κ1) is 14.6. The van der Waals surface area contributed by atoms with Crippen LogP contribution in [0.15, 0.2) is 41.5 Å². The number of H-pyrrole nitrogens is 1. The van der Waals surface area contributed by atoms with Crippen molar-refractivity contribution in [2.45, 2.75) is 6.42 Å². The molecule has 1 saturated heterocycles. The predicted molar refractivity (Wildman–Crippen MR) is 84.4 cm³/mol. The zero-order valence-electron chi connectivity index (χ0n) is 12.7. The lowest BCUT2D eigenvalue weighted by Gasteiger charge is -2.20. The van der Waals surface area contributed by atoms with Crippen LogP contribution in [-0.4, -0.2) is 58.5 Å². The van der Waals surface area contributed by atoms with E-state index in [1.165, 1.54) is 4.57 Å². The van der Waals surface area contributed by atoms with E-state index in [0.29, 0.717) is 11.3 Å². The second kappa shape index (κ2) is 6.19. The number of nitrogens with one attached hydrogen (secondary N) is 1. The van der Waals surface area contributed by atoms with E-state index in [4.69, 9.17) is 0 Å². The molecule has 0 saturated carbocycles. The van der Waals surface area contributed by atoms with E-state index in [0.717, 1.165) is 32.6 Å². The molecule has 2 heterocycles. The second-order valence-corrected chi connectivity index (χ2v) is 5.63. The number of hydrogen-bond donors (Lipinski definition) is 1. The van der Waals surface area contributed by atoms with Crippen molar-refractivity contribution in [2.75, 3.05) is 33.2 Å². The summed E-state index contributed by atoms with van der Waals surface area (Å²) in [6.07, 6.45) is 4.23. The molecule has 6 heteroatoms. The number of amides is 1. The summed E-state index contributed by atoms with van der Waals surface area (Å²) in [6.45, 7) is 3.42. The third-order valence-corrected chi connectivity index (χ3v) is 4.03. The fraction of sp³-hybridized carbons (Fsp3) is 0.375. The number of carbonyl (C=O) groups excluding carboxylic acids is 1. The number of carbonyl (C=O) groups is 1. The summed E-state index contributed by atoms with van der Waals surface area (Å²) in [4.78, 5) is 31.1. The molecule has 0 unspecified atom stereocenters. The minimum absolute atomic E-state index is 0.0285. The summed E-state index contributed by atoms with van der Waals surface area (Å²) in [5, 5.41) is 0. The Morgan fingerprint density at radius 1 is 1.18 bits per heavy atom. The topological polar surface area (TPSA) is 61.3 Å². The molecule has 0 radical (unpaired) electrons. The van der Waals surface area contributed by atoms with Gasteiger partial charge in [-0.25, -0.2) is 4.79 Å². The Kier molecular flexibility index (Phi) is 4.11. The highest BCUT2D eigenvalue weighted by Gasteiger charge is 2.19. The minimum atomic E-state index is -0.207. The van der Waals surface area contributed by atoms with Gasteiger partial charge in [-0.2, -0.15) is 0 Å². The van der Waals surface area contributed by atoms with Crippen molar-refractivity contribution in [3.8, 4) is 5.69 Å². The van der Waals surface area contributed by atoms with Crippen molar-refractivity contribution in [1.29, 1.82) is 0 Å². The van der Waals surface area contributed by atoms with Crippen LogP contribution in [-0.2, 0) is 0 Å². The highest BCUT2D eigenvalue weighted by Crippen LogP contribution is 2.13. The third kappa shape index (κ3) is 2.96. The van der Waals surface area contributed by atoms with Gasteiger partial charge in [-0.3, -0.25) is 9.36 Å². The van der Waals surface area contributed by atoms with Crippen LogP contribution in [0.4, 0.5) is 0 Å². The number of benzene rings is 1. The molecule has 1 aromatic heterocycles. The lowest BCUT2D eigenvalue weighted by Crippen LogP contribution is -2.34. The Morgan fingerprint density at radius 2 is 2.05 bits per heavy atom. The molecule has 3 rings (SSSR count). The van der Waals surface area contributed by atoms with Gasteiger partial charge in [0.15, 0.2) is 0 Å². The van der Waals surface area contributed by atoms with Crippen molar-refractivity contribution in [1.82, 2.24) is 19.4 Å². The van der Waals surface area contributed by atoms with E-state index >= 15 is 0 Å². The lowest BCUT2D eigenvalue weighted by atomic mass is 10.1. The maximum Gasteiger partial charge on any atom is 0.330 e. The quantitative estimate of drug-likeness (QED) is 0.898. The number of hydrogen-bond acceptors (Lipinski definition) is 3. The molecule has 0 bridgehead atoms. The second-order valence-electron chi connectivity index (χ2n) is 5.63. The number of aromatic nitrogens is 2. The van der Waals surface area contributed by atoms with Crippen LogP contribution >= 0.6 is 0 Å². The van der Waals surface area contributed by atoms with Crippen LogP contribution in [0.1, 0.15) is 16.8 Å². The number of imidazole rings is 1. The summed E-state index contributed by atoms with van der Waals surface area (Å²) in [5.74, 6) is 0.0285. The predicted octanol–water partition coefficient (Wildman–Crippen LogP) is 0.943. The third-order valence-electron chi connectivity index (χ3n) is 4.03. The molecule has 1 fully saturated rings. The molecule has 0 spiro atoms. The SMILES string of the molecule is CN1CCCN(C(=O)c2cccc(-n3cc[nH]c3=O)c2)CC1. The molecular formula is C16H20N4O2. The summed E-state index contributed by atoms with van der Waals surface area (Å²) in [7, 11) is 2.08. The molecular weight excluding hydrogens is 280 g/mol. The van der Waals surface area contributed by atoms with E-state index in [1.54, 1.807) is 24.5 Å². The number of nitrogens with zero attached hydrogens (tertiary/aromatic N) is 3. The zero-order chi connectivity index (χ0) is 15.5. The standard InChI is InChI=1S/C16H20N4O2/c1-18-7-3-8-19(11-10-18)15(21)13-4-2-5-14(12-13)20-9-6-17-16(20)22/h2,4-6,9,12H,3,7-8,10-11H2,1H3,(H,17,22). The van der Waals surface area contributed by atoms with Gasteiger partial charge in [0.05, 0.1) is 5.69 Å². The average molecular weight is 300 g/mol. The molecule has 116 valence electrons. The van der Waals surface area contributed by atoms with Gasteiger partial charge in [0.2, 0.25) is 0 Å². The molecule has 1 aliphatic heterocycles. The smallest absolute Gasteiger partial charge is 0.330 e. The van der Waals surface area contributed by atoms with Crippen LogP contribution in [0, 0.1) is 0 Å². The first-order valence-electron chi connectivity index (χ1n) is 7.49. The Hall–Kier alpha value is -2.34. The van der Waals surface area contributed by atoms with E-state index in [2.05, 4.69) is 16.9 Å². The molecule has 6 nitrogen and oxygen atoms in total. The van der Waals surface area contributed by atoms with Crippen molar-refractivity contribution in [2.24, 2.45) is 0 Å². The Morgan fingerprint density at radius 3 is 2.82 bits per heavy atom. The summed E-state index contributed by atoms with van der Waals surface area (Å²) in [5.41, 5.74) is 1.11. The average Bonchev–Trinajstić information content (AvgIpc) is 2.84. The van der Waals surface area contributed by atoms with Gasteiger partial charge >= 0.3 is 5.69 Å². The van der Waals surface area contributed by atoms with Gasteiger partial charge < -0.3 is 14.8 Å². The van der Waals surface area contributed by atoms with Crippen LogP contribution in [0.25, 0.3) is 5.69 Å². The molecule has 1 amide bonds. The fourth-order valence-corrected chi connectivity index (χ4v) is 2.74. The van der Waals surface area contributed by atoms with E-state index in [1.807, 2.05) is 17.0 Å². The van der Waals surface area contributed by atoms with E-state index in [9.17, 15) is 9.59 Å². The monoisotopic (exact) mass is 300 g/mol. The Bertz CT molecular complexity index is 719. The maximum absolute atomic E-state index is 12.7. The van der Waals surface area contributed by atoms with Gasteiger partial charge in [-0.05, 0) is 38.2 Å². The van der Waals surface area contributed by atoms with Gasteiger partial charge in [-0.1, -0.05) is 6.07 Å². The first-order chi connectivity index (χ1) is 10.6. The Balaban J connectivity index is 1.84. The van der Waals surface area contributed by atoms with Crippen molar-refractivity contribution in [3.05, 3.63) is 52.7 Å². The van der Waals surface area contributed by atoms with Gasteiger partial charge in [0, 0.05) is 37.6 Å². The highest BCUT2D eigenvalue weighted by atomic mass is 16.2. The summed E-state index contributed by atoms with van der Waals surface area (Å²) >= 11 is 0. The number of likely N-dealkylation sites (N-methyl/N-ethyl adjacent to an activating group) is 1. The van der Waals surface area contributed by atoms with Crippen LogP contribution in [0.5, 0.6) is 0 Å². The van der Waals surface area contributed by atoms with Crippen LogP contribution in [0.2, 0.25) is 0 Å². The van der Waals surface area contributed by atoms with Gasteiger partial charge in [0.25, 0.3) is 5.91 Å². The van der Waals surface area contributed by atoms with E-state index in [-0.39, 0.29) is 11.6 Å². The first-order valence-corrected chi connectivity index (χ1v) is 7.49. The fourth-order valence-electron chi connectivity index (χ4n) is 2.74. The number of rotatable bonds is 2. The van der Waals surface area contributed by atoms with Crippen molar-refractivity contribution < 1.29 is 4.79 Å². The van der Waals surface area contributed by atoms with Crippen LogP contribution < -0.4 is 5.69 Å². The maximum atomic E-state index is 12.7. The van der Waals surface area contributed by atoms with Crippen molar-refractivity contribution in [3.63, 3.8) is 0 Å². The molecule has 2 aromatic rings. The molecule has 22 heavy (non-hydrogen) atoms. The van der Waals surface area contributed by atoms with Gasteiger partial charge in [0.1, 0.15) is 0 Å². The summed E-state index contributed by atoms with van der Waals surface area (Å²) in [6, 6.07) is 7.21. The van der Waals surface area contributed by atoms with E-state index < -0.39 is 0 Å². The molecule has 0 atom stereocenters.